The fraction of sp³-hybridized carbons (Fsp3) is 0.462. The molecule has 0 heterocycles. The van der Waals surface area contributed by atoms with Crippen LogP contribution in [0.25, 0.3) is 0 Å². The Morgan fingerprint density at radius 1 is 1.47 bits per heavy atom. The molecule has 17 heavy (non-hydrogen) atoms. The maximum absolute atomic E-state index is 11.7. The van der Waals surface area contributed by atoms with Crippen molar-refractivity contribution in [3.63, 3.8) is 0 Å². The SMILES string of the molecule is CCc1ccc(O)c(NC(=O)CC(C)(C)N)c1. The summed E-state index contributed by atoms with van der Waals surface area (Å²) in [6.07, 6.45) is 1.06. The van der Waals surface area contributed by atoms with E-state index < -0.39 is 5.54 Å². The average Bonchev–Trinajstić information content (AvgIpc) is 2.18. The molecule has 0 aliphatic carbocycles. The Hall–Kier alpha value is -1.55. The molecule has 0 unspecified atom stereocenters. The molecule has 0 bridgehead atoms. The number of carbonyl (C=O) groups excluding carboxylic acids is 1. The van der Waals surface area contributed by atoms with Crippen molar-refractivity contribution in [2.75, 3.05) is 5.32 Å². The van der Waals surface area contributed by atoms with Gasteiger partial charge >= 0.3 is 0 Å². The Bertz CT molecular complexity index is 408. The first-order chi connectivity index (χ1) is 7.81. The van der Waals surface area contributed by atoms with E-state index in [1.54, 1.807) is 26.0 Å². The molecule has 4 heteroatoms. The molecule has 1 aromatic rings. The van der Waals surface area contributed by atoms with Gasteiger partial charge in [0.1, 0.15) is 5.75 Å². The number of benzene rings is 1. The zero-order valence-corrected chi connectivity index (χ0v) is 10.6. The van der Waals surface area contributed by atoms with E-state index in [2.05, 4.69) is 5.32 Å². The Morgan fingerprint density at radius 3 is 2.65 bits per heavy atom. The van der Waals surface area contributed by atoms with Gasteiger partial charge in [0.15, 0.2) is 0 Å². The van der Waals surface area contributed by atoms with E-state index in [-0.39, 0.29) is 18.1 Å². The van der Waals surface area contributed by atoms with Gasteiger partial charge in [-0.3, -0.25) is 4.79 Å². The fourth-order valence-corrected chi connectivity index (χ4v) is 1.51. The van der Waals surface area contributed by atoms with Gasteiger partial charge in [0.25, 0.3) is 0 Å². The summed E-state index contributed by atoms with van der Waals surface area (Å²) in [5.41, 5.74) is 6.71. The van der Waals surface area contributed by atoms with Gasteiger partial charge in [-0.2, -0.15) is 0 Å². The van der Waals surface area contributed by atoms with Crippen LogP contribution in [0.1, 0.15) is 32.8 Å². The number of carbonyl (C=O) groups is 1. The summed E-state index contributed by atoms with van der Waals surface area (Å²) in [7, 11) is 0. The van der Waals surface area contributed by atoms with Gasteiger partial charge in [-0.05, 0) is 38.0 Å². The molecule has 0 spiro atoms. The van der Waals surface area contributed by atoms with Gasteiger partial charge < -0.3 is 16.2 Å². The minimum atomic E-state index is -0.554. The van der Waals surface area contributed by atoms with E-state index in [0.717, 1.165) is 12.0 Å². The fourth-order valence-electron chi connectivity index (χ4n) is 1.51. The minimum absolute atomic E-state index is 0.0744. The normalized spacial score (nSPS) is 11.3. The Labute approximate surface area is 102 Å². The number of phenols is 1. The number of nitrogens with one attached hydrogen (secondary N) is 1. The van der Waals surface area contributed by atoms with E-state index in [9.17, 15) is 9.90 Å². The van der Waals surface area contributed by atoms with Crippen LogP contribution < -0.4 is 11.1 Å². The predicted octanol–water partition coefficient (Wildman–Crippen LogP) is 2.02. The minimum Gasteiger partial charge on any atom is -0.506 e. The van der Waals surface area contributed by atoms with Crippen LogP contribution in [-0.4, -0.2) is 16.6 Å². The summed E-state index contributed by atoms with van der Waals surface area (Å²) in [6, 6.07) is 5.19. The van der Waals surface area contributed by atoms with Crippen LogP contribution in [0.3, 0.4) is 0 Å². The second-order valence-corrected chi connectivity index (χ2v) is 4.92. The zero-order valence-electron chi connectivity index (χ0n) is 10.6. The first-order valence-electron chi connectivity index (χ1n) is 5.72. The van der Waals surface area contributed by atoms with Crippen molar-refractivity contribution >= 4 is 11.6 Å². The largest absolute Gasteiger partial charge is 0.506 e. The van der Waals surface area contributed by atoms with E-state index in [4.69, 9.17) is 5.73 Å². The van der Waals surface area contributed by atoms with Crippen LogP contribution in [0, 0.1) is 0 Å². The third kappa shape index (κ3) is 4.44. The molecule has 0 fully saturated rings. The summed E-state index contributed by atoms with van der Waals surface area (Å²) in [6.45, 7) is 5.59. The van der Waals surface area contributed by atoms with Crippen molar-refractivity contribution in [1.29, 1.82) is 0 Å². The zero-order chi connectivity index (χ0) is 13.1. The number of nitrogens with two attached hydrogens (primary N) is 1. The van der Waals surface area contributed by atoms with E-state index >= 15 is 0 Å². The third-order valence-electron chi connectivity index (χ3n) is 2.36. The van der Waals surface area contributed by atoms with Crippen molar-refractivity contribution < 1.29 is 9.90 Å². The Balaban J connectivity index is 2.77. The van der Waals surface area contributed by atoms with Crippen molar-refractivity contribution in [2.45, 2.75) is 39.2 Å². The number of aryl methyl sites for hydroxylation is 1. The van der Waals surface area contributed by atoms with E-state index in [1.165, 1.54) is 0 Å². The summed E-state index contributed by atoms with van der Waals surface area (Å²) >= 11 is 0. The van der Waals surface area contributed by atoms with Crippen LogP contribution in [0.4, 0.5) is 5.69 Å². The first-order valence-corrected chi connectivity index (χ1v) is 5.72. The second kappa shape index (κ2) is 5.19. The molecule has 0 radical (unpaired) electrons. The highest BCUT2D eigenvalue weighted by Gasteiger charge is 2.17. The smallest absolute Gasteiger partial charge is 0.226 e. The van der Waals surface area contributed by atoms with E-state index in [0.29, 0.717) is 5.69 Å². The highest BCUT2D eigenvalue weighted by atomic mass is 16.3. The second-order valence-electron chi connectivity index (χ2n) is 4.92. The van der Waals surface area contributed by atoms with Crippen LogP contribution in [0.5, 0.6) is 5.75 Å². The van der Waals surface area contributed by atoms with Crippen molar-refractivity contribution in [1.82, 2.24) is 0 Å². The lowest BCUT2D eigenvalue weighted by Crippen LogP contribution is -2.36. The van der Waals surface area contributed by atoms with Gasteiger partial charge in [-0.25, -0.2) is 0 Å². The van der Waals surface area contributed by atoms with Crippen LogP contribution in [0.2, 0.25) is 0 Å². The number of aromatic hydroxyl groups is 1. The first kappa shape index (κ1) is 13.5. The van der Waals surface area contributed by atoms with Crippen LogP contribution in [-0.2, 0) is 11.2 Å². The monoisotopic (exact) mass is 236 g/mol. The average molecular weight is 236 g/mol. The summed E-state index contributed by atoms with van der Waals surface area (Å²) in [5, 5.41) is 12.3. The van der Waals surface area contributed by atoms with E-state index in [1.807, 2.05) is 13.0 Å². The number of anilines is 1. The lowest BCUT2D eigenvalue weighted by atomic mass is 10.0. The van der Waals surface area contributed by atoms with Crippen LogP contribution in [0.15, 0.2) is 18.2 Å². The molecule has 1 aromatic carbocycles. The van der Waals surface area contributed by atoms with Gasteiger partial charge in [0.2, 0.25) is 5.91 Å². The van der Waals surface area contributed by atoms with Gasteiger partial charge in [-0.1, -0.05) is 13.0 Å². The number of hydrogen-bond acceptors (Lipinski definition) is 3. The number of amides is 1. The molecular weight excluding hydrogens is 216 g/mol. The molecular formula is C13H20N2O2. The van der Waals surface area contributed by atoms with Crippen LogP contribution >= 0.6 is 0 Å². The molecule has 0 aliphatic heterocycles. The molecule has 0 atom stereocenters. The molecule has 0 saturated heterocycles. The number of rotatable bonds is 4. The van der Waals surface area contributed by atoms with Crippen molar-refractivity contribution in [2.24, 2.45) is 5.73 Å². The predicted molar refractivity (Wildman–Crippen MR) is 69.0 cm³/mol. The van der Waals surface area contributed by atoms with Crippen molar-refractivity contribution in [3.05, 3.63) is 23.8 Å². The molecule has 94 valence electrons. The van der Waals surface area contributed by atoms with Gasteiger partial charge in [-0.15, -0.1) is 0 Å². The number of phenolic OH excluding ortho intramolecular Hbond substituents is 1. The maximum Gasteiger partial charge on any atom is 0.226 e. The summed E-state index contributed by atoms with van der Waals surface area (Å²) in [4.78, 5) is 11.7. The maximum atomic E-state index is 11.7. The standard InChI is InChI=1S/C13H20N2O2/c1-4-9-5-6-11(16)10(7-9)15-12(17)8-13(2,3)14/h5-7,16H,4,8,14H2,1-3H3,(H,15,17). The summed E-state index contributed by atoms with van der Waals surface area (Å²) < 4.78 is 0. The van der Waals surface area contributed by atoms with Gasteiger partial charge in [0, 0.05) is 12.0 Å². The summed E-state index contributed by atoms with van der Waals surface area (Å²) in [5.74, 6) is -0.119. The molecule has 0 aliphatic rings. The molecule has 4 N–H and O–H groups in total. The van der Waals surface area contributed by atoms with Crippen molar-refractivity contribution in [3.8, 4) is 5.75 Å². The quantitative estimate of drug-likeness (QED) is 0.700. The van der Waals surface area contributed by atoms with Gasteiger partial charge in [0.05, 0.1) is 5.69 Å². The lowest BCUT2D eigenvalue weighted by Gasteiger charge is -2.18. The number of hydrogen-bond donors (Lipinski definition) is 3. The Morgan fingerprint density at radius 2 is 2.12 bits per heavy atom. The molecule has 4 nitrogen and oxygen atoms in total. The topological polar surface area (TPSA) is 75.3 Å². The molecule has 1 amide bonds. The third-order valence-corrected chi connectivity index (χ3v) is 2.36. The molecule has 0 aromatic heterocycles. The highest BCUT2D eigenvalue weighted by molar-refractivity contribution is 5.92. The lowest BCUT2D eigenvalue weighted by molar-refractivity contribution is -0.117. The Kier molecular flexibility index (Phi) is 4.12. The molecule has 1 rings (SSSR count). The molecule has 0 saturated carbocycles. The highest BCUT2D eigenvalue weighted by Crippen LogP contribution is 2.24.